The smallest absolute Gasteiger partial charge is 0.244 e. The van der Waals surface area contributed by atoms with Crippen LogP contribution in [0.2, 0.25) is 0 Å². The monoisotopic (exact) mass is 353 g/mol. The number of carbonyl (C=O) groups excluding carboxylic acids is 1. The minimum Gasteiger partial charge on any atom is -0.353 e. The van der Waals surface area contributed by atoms with E-state index in [1.165, 1.54) is 12.8 Å². The number of benzene rings is 1. The number of rotatable bonds is 7. The van der Waals surface area contributed by atoms with E-state index >= 15 is 0 Å². The van der Waals surface area contributed by atoms with E-state index in [1.807, 2.05) is 24.3 Å². The molecule has 4 nitrogen and oxygen atoms in total. The van der Waals surface area contributed by atoms with Crippen LogP contribution >= 0.6 is 15.9 Å². The zero-order valence-corrected chi connectivity index (χ0v) is 14.3. The van der Waals surface area contributed by atoms with E-state index in [4.69, 9.17) is 5.73 Å². The summed E-state index contributed by atoms with van der Waals surface area (Å²) in [6, 6.07) is 8.29. The normalized spacial score (nSPS) is 17.6. The maximum Gasteiger partial charge on any atom is 0.244 e. The molecule has 2 rings (SSSR count). The summed E-state index contributed by atoms with van der Waals surface area (Å²) < 4.78 is 0.977. The summed E-state index contributed by atoms with van der Waals surface area (Å²) >= 11 is 3.39. The van der Waals surface area contributed by atoms with Gasteiger partial charge in [0.15, 0.2) is 0 Å². The first-order valence-corrected chi connectivity index (χ1v) is 8.31. The molecule has 1 fully saturated rings. The van der Waals surface area contributed by atoms with Gasteiger partial charge in [0.1, 0.15) is 5.54 Å². The zero-order valence-electron chi connectivity index (χ0n) is 12.7. The van der Waals surface area contributed by atoms with E-state index in [0.29, 0.717) is 6.54 Å². The van der Waals surface area contributed by atoms with Crippen LogP contribution in [0.1, 0.15) is 32.3 Å². The van der Waals surface area contributed by atoms with Gasteiger partial charge in [0.2, 0.25) is 5.91 Å². The molecule has 1 aliphatic rings. The molecule has 1 unspecified atom stereocenters. The standard InChI is InChI=1S/C16H24BrN3O/c1-3-20(14-8-9-14)11-10-19-15(21)16(2,18)12-4-6-13(17)7-5-12/h4-7,14H,3,8-11,18H2,1-2H3,(H,19,21). The van der Waals surface area contributed by atoms with Gasteiger partial charge in [0.05, 0.1) is 0 Å². The van der Waals surface area contributed by atoms with Crippen molar-refractivity contribution in [2.75, 3.05) is 19.6 Å². The van der Waals surface area contributed by atoms with Crippen LogP contribution in [0.25, 0.3) is 0 Å². The molecule has 1 aromatic rings. The van der Waals surface area contributed by atoms with Crippen molar-refractivity contribution in [2.45, 2.75) is 38.3 Å². The molecule has 0 spiro atoms. The number of hydrogen-bond acceptors (Lipinski definition) is 3. The lowest BCUT2D eigenvalue weighted by Crippen LogP contribution is -2.50. The largest absolute Gasteiger partial charge is 0.353 e. The molecular formula is C16H24BrN3O. The van der Waals surface area contributed by atoms with Crippen LogP contribution in [0.3, 0.4) is 0 Å². The van der Waals surface area contributed by atoms with Gasteiger partial charge in [0.25, 0.3) is 0 Å². The molecule has 0 aromatic heterocycles. The van der Waals surface area contributed by atoms with Crippen molar-refractivity contribution in [3.8, 4) is 0 Å². The summed E-state index contributed by atoms with van der Waals surface area (Å²) in [5.74, 6) is -0.128. The molecule has 1 amide bonds. The summed E-state index contributed by atoms with van der Waals surface area (Å²) in [6.07, 6.45) is 2.57. The van der Waals surface area contributed by atoms with Crippen molar-refractivity contribution < 1.29 is 4.79 Å². The fourth-order valence-corrected chi connectivity index (χ4v) is 2.73. The van der Waals surface area contributed by atoms with Crippen molar-refractivity contribution >= 4 is 21.8 Å². The fraction of sp³-hybridized carbons (Fsp3) is 0.562. The molecular weight excluding hydrogens is 330 g/mol. The molecule has 1 saturated carbocycles. The van der Waals surface area contributed by atoms with Crippen molar-refractivity contribution in [3.05, 3.63) is 34.3 Å². The Morgan fingerprint density at radius 3 is 2.57 bits per heavy atom. The number of likely N-dealkylation sites (N-methyl/N-ethyl adjacent to an activating group) is 1. The van der Waals surface area contributed by atoms with E-state index < -0.39 is 5.54 Å². The predicted octanol–water partition coefficient (Wildman–Crippen LogP) is 2.22. The van der Waals surface area contributed by atoms with E-state index in [9.17, 15) is 4.79 Å². The number of amides is 1. The Hall–Kier alpha value is -0.910. The molecule has 0 saturated heterocycles. The van der Waals surface area contributed by atoms with Gasteiger partial charge in [-0.15, -0.1) is 0 Å². The lowest BCUT2D eigenvalue weighted by Gasteiger charge is -2.26. The van der Waals surface area contributed by atoms with Crippen molar-refractivity contribution in [1.29, 1.82) is 0 Å². The molecule has 3 N–H and O–H groups in total. The number of nitrogens with zero attached hydrogens (tertiary/aromatic N) is 1. The second-order valence-corrected chi connectivity index (χ2v) is 6.74. The van der Waals surface area contributed by atoms with Crippen LogP contribution < -0.4 is 11.1 Å². The van der Waals surface area contributed by atoms with Gasteiger partial charge in [-0.05, 0) is 44.0 Å². The molecule has 0 aliphatic heterocycles. The number of nitrogens with two attached hydrogens (primary N) is 1. The van der Waals surface area contributed by atoms with Crippen LogP contribution in [-0.2, 0) is 10.3 Å². The Morgan fingerprint density at radius 2 is 2.05 bits per heavy atom. The average molecular weight is 354 g/mol. The Morgan fingerprint density at radius 1 is 1.43 bits per heavy atom. The summed E-state index contributed by atoms with van der Waals surface area (Å²) in [5, 5.41) is 2.97. The van der Waals surface area contributed by atoms with Crippen LogP contribution in [0.15, 0.2) is 28.7 Å². The molecule has 1 atom stereocenters. The summed E-state index contributed by atoms with van der Waals surface area (Å²) in [6.45, 7) is 6.49. The quantitative estimate of drug-likeness (QED) is 0.790. The molecule has 5 heteroatoms. The number of nitrogens with one attached hydrogen (secondary N) is 1. The lowest BCUT2D eigenvalue weighted by atomic mass is 9.92. The predicted molar refractivity (Wildman–Crippen MR) is 89.0 cm³/mol. The number of carbonyl (C=O) groups is 1. The first kappa shape index (κ1) is 16.5. The second kappa shape index (κ2) is 6.90. The molecule has 116 valence electrons. The van der Waals surface area contributed by atoms with Gasteiger partial charge in [0, 0.05) is 23.6 Å². The third-order valence-corrected chi connectivity index (χ3v) is 4.60. The van der Waals surface area contributed by atoms with E-state index in [0.717, 1.165) is 29.2 Å². The maximum absolute atomic E-state index is 12.3. The first-order valence-electron chi connectivity index (χ1n) is 7.52. The Kier molecular flexibility index (Phi) is 5.41. The van der Waals surface area contributed by atoms with Gasteiger partial charge >= 0.3 is 0 Å². The molecule has 1 aromatic carbocycles. The SMILES string of the molecule is CCN(CCNC(=O)C(C)(N)c1ccc(Br)cc1)C1CC1. The highest BCUT2D eigenvalue weighted by molar-refractivity contribution is 9.10. The number of hydrogen-bond donors (Lipinski definition) is 2. The van der Waals surface area contributed by atoms with Crippen molar-refractivity contribution in [2.24, 2.45) is 5.73 Å². The van der Waals surface area contributed by atoms with E-state index in [-0.39, 0.29) is 5.91 Å². The maximum atomic E-state index is 12.3. The highest BCUT2D eigenvalue weighted by atomic mass is 79.9. The highest BCUT2D eigenvalue weighted by Crippen LogP contribution is 2.26. The summed E-state index contributed by atoms with van der Waals surface area (Å²) in [4.78, 5) is 14.7. The minimum absolute atomic E-state index is 0.128. The van der Waals surface area contributed by atoms with Crippen LogP contribution in [0.4, 0.5) is 0 Å². The fourth-order valence-electron chi connectivity index (χ4n) is 2.46. The zero-order chi connectivity index (χ0) is 15.5. The number of halogens is 1. The van der Waals surface area contributed by atoms with Gasteiger partial charge in [-0.3, -0.25) is 9.69 Å². The molecule has 1 aliphatic carbocycles. The van der Waals surface area contributed by atoms with Gasteiger partial charge in [-0.1, -0.05) is 35.0 Å². The van der Waals surface area contributed by atoms with Crippen LogP contribution in [0, 0.1) is 0 Å². The van der Waals surface area contributed by atoms with Crippen LogP contribution in [0.5, 0.6) is 0 Å². The van der Waals surface area contributed by atoms with E-state index in [1.54, 1.807) is 6.92 Å². The highest BCUT2D eigenvalue weighted by Gasteiger charge is 2.31. The minimum atomic E-state index is -1.00. The van der Waals surface area contributed by atoms with Gasteiger partial charge in [-0.25, -0.2) is 0 Å². The third-order valence-electron chi connectivity index (χ3n) is 4.07. The third kappa shape index (κ3) is 4.28. The van der Waals surface area contributed by atoms with Gasteiger partial charge < -0.3 is 11.1 Å². The average Bonchev–Trinajstić information content (AvgIpc) is 3.28. The molecule has 0 heterocycles. The Balaban J connectivity index is 1.87. The van der Waals surface area contributed by atoms with E-state index in [2.05, 4.69) is 33.1 Å². The first-order chi connectivity index (χ1) is 9.95. The summed E-state index contributed by atoms with van der Waals surface area (Å²) in [5.41, 5.74) is 6.03. The van der Waals surface area contributed by atoms with Crippen molar-refractivity contribution in [3.63, 3.8) is 0 Å². The lowest BCUT2D eigenvalue weighted by molar-refractivity contribution is -0.126. The molecule has 21 heavy (non-hydrogen) atoms. The van der Waals surface area contributed by atoms with Crippen molar-refractivity contribution in [1.82, 2.24) is 10.2 Å². The van der Waals surface area contributed by atoms with Crippen LogP contribution in [-0.4, -0.2) is 36.5 Å². The Labute approximate surface area is 135 Å². The molecule has 0 radical (unpaired) electrons. The topological polar surface area (TPSA) is 58.4 Å². The summed E-state index contributed by atoms with van der Waals surface area (Å²) in [7, 11) is 0. The van der Waals surface area contributed by atoms with Gasteiger partial charge in [-0.2, -0.15) is 0 Å². The Bertz CT molecular complexity index is 483. The molecule has 0 bridgehead atoms. The second-order valence-electron chi connectivity index (χ2n) is 5.82.